The summed E-state index contributed by atoms with van der Waals surface area (Å²) in [5, 5.41) is 5.06. The fourth-order valence-electron chi connectivity index (χ4n) is 2.71. The topological polar surface area (TPSA) is 69.4 Å². The van der Waals surface area contributed by atoms with Crippen molar-refractivity contribution in [1.29, 1.82) is 0 Å². The average molecular weight is 356 g/mol. The third-order valence-electron chi connectivity index (χ3n) is 4.11. The van der Waals surface area contributed by atoms with Crippen LogP contribution in [0.1, 0.15) is 35.5 Å². The van der Waals surface area contributed by atoms with Gasteiger partial charge in [-0.1, -0.05) is 42.1 Å². The maximum atomic E-state index is 12.4. The Kier molecular flexibility index (Phi) is 5.03. The molecule has 0 aliphatic carbocycles. The fourth-order valence-corrected chi connectivity index (χ4v) is 3.04. The number of rotatable bonds is 5. The molecule has 0 aliphatic heterocycles. The van der Waals surface area contributed by atoms with Gasteiger partial charge < -0.3 is 4.74 Å². The van der Waals surface area contributed by atoms with Crippen molar-refractivity contribution < 1.29 is 9.53 Å². The van der Waals surface area contributed by atoms with Gasteiger partial charge in [-0.05, 0) is 32.6 Å². The highest BCUT2D eigenvalue weighted by atomic mass is 32.2. The minimum Gasteiger partial charge on any atom is -0.458 e. The number of carbonyl (C=O) groups excluding carboxylic acids is 1. The number of hydrogen-bond donors (Lipinski definition) is 0. The van der Waals surface area contributed by atoms with E-state index in [1.165, 1.54) is 11.8 Å². The summed E-state index contributed by atoms with van der Waals surface area (Å²) in [6.07, 6.45) is 1.78. The van der Waals surface area contributed by atoms with Crippen LogP contribution in [0.5, 0.6) is 0 Å². The van der Waals surface area contributed by atoms with Gasteiger partial charge in [0.15, 0.2) is 0 Å². The first-order valence-electron chi connectivity index (χ1n) is 8.01. The third-order valence-corrected chi connectivity index (χ3v) is 4.65. The molecule has 2 heterocycles. The Morgan fingerprint density at radius 2 is 1.96 bits per heavy atom. The van der Waals surface area contributed by atoms with Crippen LogP contribution in [0.4, 0.5) is 0 Å². The molecule has 0 fully saturated rings. The predicted octanol–water partition coefficient (Wildman–Crippen LogP) is 3.31. The molecule has 3 aromatic rings. The summed E-state index contributed by atoms with van der Waals surface area (Å²) in [4.78, 5) is 21.2. The number of aryl methyl sites for hydroxylation is 2. The van der Waals surface area contributed by atoms with Crippen LogP contribution in [-0.2, 0) is 16.0 Å². The molecule has 0 bridgehead atoms. The van der Waals surface area contributed by atoms with E-state index < -0.39 is 0 Å². The van der Waals surface area contributed by atoms with E-state index in [1.54, 1.807) is 4.52 Å². The van der Waals surface area contributed by atoms with Crippen molar-refractivity contribution in [1.82, 2.24) is 19.6 Å². The molecule has 130 valence electrons. The Hall–Kier alpha value is -2.41. The predicted molar refractivity (Wildman–Crippen MR) is 96.7 cm³/mol. The number of benzene rings is 1. The maximum absolute atomic E-state index is 12.4. The molecule has 6 nitrogen and oxygen atoms in total. The zero-order chi connectivity index (χ0) is 18.0. The van der Waals surface area contributed by atoms with E-state index in [0.29, 0.717) is 10.9 Å². The molecule has 1 atom stereocenters. The van der Waals surface area contributed by atoms with Crippen LogP contribution in [0, 0.1) is 13.8 Å². The Bertz CT molecular complexity index is 908. The summed E-state index contributed by atoms with van der Waals surface area (Å²) in [5.74, 6) is 0.267. The number of fused-ring (bicyclic) bond motifs is 1. The first-order valence-corrected chi connectivity index (χ1v) is 9.23. The average Bonchev–Trinajstić information content (AvgIpc) is 3.02. The lowest BCUT2D eigenvalue weighted by molar-refractivity contribution is -0.147. The number of ether oxygens (including phenoxy) is 1. The Labute approximate surface area is 150 Å². The molecule has 2 aromatic heterocycles. The molecule has 0 saturated heterocycles. The van der Waals surface area contributed by atoms with Crippen molar-refractivity contribution in [3.8, 4) is 0 Å². The quantitative estimate of drug-likeness (QED) is 0.516. The summed E-state index contributed by atoms with van der Waals surface area (Å²) < 4.78 is 7.26. The second-order valence-electron chi connectivity index (χ2n) is 5.79. The van der Waals surface area contributed by atoms with Crippen molar-refractivity contribution in [2.75, 3.05) is 6.26 Å². The highest BCUT2D eigenvalue weighted by Gasteiger charge is 2.18. The maximum Gasteiger partial charge on any atom is 0.310 e. The van der Waals surface area contributed by atoms with Gasteiger partial charge in [0.1, 0.15) is 6.10 Å². The van der Waals surface area contributed by atoms with E-state index in [9.17, 15) is 4.79 Å². The van der Waals surface area contributed by atoms with Crippen LogP contribution in [0.2, 0.25) is 0 Å². The Morgan fingerprint density at radius 1 is 1.24 bits per heavy atom. The molecule has 0 unspecified atom stereocenters. The minimum atomic E-state index is -0.291. The summed E-state index contributed by atoms with van der Waals surface area (Å²) in [6.45, 7) is 5.67. The Morgan fingerprint density at radius 3 is 2.64 bits per heavy atom. The van der Waals surface area contributed by atoms with Crippen LogP contribution in [0.15, 0.2) is 35.5 Å². The van der Waals surface area contributed by atoms with Gasteiger partial charge in [0.25, 0.3) is 5.78 Å². The smallest absolute Gasteiger partial charge is 0.310 e. The molecule has 0 radical (unpaired) electrons. The molecule has 3 rings (SSSR count). The zero-order valence-electron chi connectivity index (χ0n) is 14.7. The van der Waals surface area contributed by atoms with E-state index in [2.05, 4.69) is 15.1 Å². The van der Waals surface area contributed by atoms with Crippen LogP contribution in [0.3, 0.4) is 0 Å². The lowest BCUT2D eigenvalue weighted by atomic mass is 10.1. The minimum absolute atomic E-state index is 0.159. The van der Waals surface area contributed by atoms with Gasteiger partial charge in [-0.25, -0.2) is 9.50 Å². The highest BCUT2D eigenvalue weighted by Crippen LogP contribution is 2.20. The van der Waals surface area contributed by atoms with Crippen molar-refractivity contribution in [3.05, 3.63) is 52.8 Å². The van der Waals surface area contributed by atoms with Crippen LogP contribution < -0.4 is 0 Å². The van der Waals surface area contributed by atoms with E-state index >= 15 is 0 Å². The molecule has 7 heteroatoms. The molecule has 0 aliphatic rings. The van der Waals surface area contributed by atoms with E-state index in [-0.39, 0.29) is 18.5 Å². The molecule has 0 N–H and O–H groups in total. The highest BCUT2D eigenvalue weighted by molar-refractivity contribution is 7.98. The van der Waals surface area contributed by atoms with E-state index in [1.807, 2.05) is 57.4 Å². The second-order valence-corrected chi connectivity index (χ2v) is 6.56. The second kappa shape index (κ2) is 7.23. The lowest BCUT2D eigenvalue weighted by Gasteiger charge is -2.15. The van der Waals surface area contributed by atoms with Gasteiger partial charge >= 0.3 is 5.97 Å². The molecular weight excluding hydrogens is 336 g/mol. The SMILES string of the molecule is CSc1nc2nc(C)c(CC(=O)O[C@H](C)c3ccccc3)c(C)n2n1. The van der Waals surface area contributed by atoms with Gasteiger partial charge in [0.2, 0.25) is 5.16 Å². The normalized spacial score (nSPS) is 12.3. The van der Waals surface area contributed by atoms with Crippen molar-refractivity contribution in [2.45, 2.75) is 38.5 Å². The molecule has 1 aromatic carbocycles. The van der Waals surface area contributed by atoms with Crippen LogP contribution in [0.25, 0.3) is 5.78 Å². The standard InChI is InChI=1S/C18H20N4O2S/c1-11-15(12(2)22-17(19-11)20-18(21-22)25-4)10-16(23)24-13(3)14-8-6-5-7-9-14/h5-9,13H,10H2,1-4H3/t13-/m1/s1. The molecule has 0 amide bonds. The van der Waals surface area contributed by atoms with Crippen LogP contribution in [-0.4, -0.2) is 31.8 Å². The van der Waals surface area contributed by atoms with E-state index in [4.69, 9.17) is 4.74 Å². The van der Waals surface area contributed by atoms with Gasteiger partial charge in [-0.3, -0.25) is 4.79 Å². The zero-order valence-corrected chi connectivity index (χ0v) is 15.5. The molecular formula is C18H20N4O2S. The molecule has 25 heavy (non-hydrogen) atoms. The van der Waals surface area contributed by atoms with Gasteiger partial charge in [0, 0.05) is 17.0 Å². The first-order chi connectivity index (χ1) is 12.0. The summed E-state index contributed by atoms with van der Waals surface area (Å²) in [7, 11) is 0. The number of aromatic nitrogens is 4. The molecule has 0 saturated carbocycles. The number of hydrogen-bond acceptors (Lipinski definition) is 6. The van der Waals surface area contributed by atoms with Crippen molar-refractivity contribution in [2.24, 2.45) is 0 Å². The number of nitrogens with zero attached hydrogens (tertiary/aromatic N) is 4. The number of carbonyl (C=O) groups is 1. The third kappa shape index (κ3) is 3.66. The number of thioether (sulfide) groups is 1. The van der Waals surface area contributed by atoms with Crippen LogP contribution >= 0.6 is 11.8 Å². The summed E-state index contributed by atoms with van der Waals surface area (Å²) >= 11 is 1.46. The summed E-state index contributed by atoms with van der Waals surface area (Å²) in [5.41, 5.74) is 3.43. The first kappa shape index (κ1) is 17.4. The van der Waals surface area contributed by atoms with Gasteiger partial charge in [-0.2, -0.15) is 4.98 Å². The van der Waals surface area contributed by atoms with E-state index in [0.717, 1.165) is 22.5 Å². The van der Waals surface area contributed by atoms with Crippen molar-refractivity contribution >= 4 is 23.5 Å². The van der Waals surface area contributed by atoms with Gasteiger partial charge in [0.05, 0.1) is 6.42 Å². The lowest BCUT2D eigenvalue weighted by Crippen LogP contribution is -2.15. The largest absolute Gasteiger partial charge is 0.458 e. The Balaban J connectivity index is 1.81. The molecule has 0 spiro atoms. The van der Waals surface area contributed by atoms with Crippen molar-refractivity contribution in [3.63, 3.8) is 0 Å². The monoisotopic (exact) mass is 356 g/mol. The number of esters is 1. The van der Waals surface area contributed by atoms with Gasteiger partial charge in [-0.15, -0.1) is 5.10 Å². The fraction of sp³-hybridized carbons (Fsp3) is 0.333. The summed E-state index contributed by atoms with van der Waals surface area (Å²) in [6, 6.07) is 9.69.